The zero-order valence-corrected chi connectivity index (χ0v) is 15.9. The Morgan fingerprint density at radius 1 is 1.25 bits per heavy atom. The van der Waals surface area contributed by atoms with E-state index in [4.69, 9.17) is 4.74 Å². The van der Waals surface area contributed by atoms with Crippen LogP contribution in [-0.4, -0.2) is 33.9 Å². The van der Waals surface area contributed by atoms with E-state index in [-0.39, 0.29) is 23.6 Å². The fourth-order valence-electron chi connectivity index (χ4n) is 3.71. The number of aryl methyl sites for hydroxylation is 2. The molecular formula is C19H23FN5O3+. The number of hydrogen-bond donors (Lipinski definition) is 1. The second kappa shape index (κ2) is 7.23. The van der Waals surface area contributed by atoms with Gasteiger partial charge in [0.15, 0.2) is 0 Å². The van der Waals surface area contributed by atoms with Gasteiger partial charge in [-0.25, -0.2) is 23.6 Å². The first-order valence-electron chi connectivity index (χ1n) is 9.39. The molecule has 4 rings (SSSR count). The molecule has 28 heavy (non-hydrogen) atoms. The van der Waals surface area contributed by atoms with Gasteiger partial charge in [0.05, 0.1) is 26.2 Å². The van der Waals surface area contributed by atoms with Crippen molar-refractivity contribution in [2.45, 2.75) is 26.4 Å². The molecule has 0 amide bonds. The molecule has 1 aliphatic heterocycles. The molecule has 0 bridgehead atoms. The maximum Gasteiger partial charge on any atom is 0.364 e. The van der Waals surface area contributed by atoms with E-state index in [0.29, 0.717) is 36.9 Å². The van der Waals surface area contributed by atoms with Gasteiger partial charge >= 0.3 is 11.6 Å². The van der Waals surface area contributed by atoms with E-state index in [2.05, 4.69) is 4.98 Å². The molecule has 0 saturated heterocycles. The number of nitrogens with zero attached hydrogens (tertiary/aromatic N) is 4. The number of rotatable bonds is 5. The number of aromatic amines is 1. The van der Waals surface area contributed by atoms with Gasteiger partial charge < -0.3 is 4.74 Å². The van der Waals surface area contributed by atoms with Crippen LogP contribution >= 0.6 is 0 Å². The lowest BCUT2D eigenvalue weighted by Crippen LogP contribution is -2.49. The molecule has 0 aliphatic carbocycles. The predicted molar refractivity (Wildman–Crippen MR) is 103 cm³/mol. The van der Waals surface area contributed by atoms with E-state index in [9.17, 15) is 14.0 Å². The van der Waals surface area contributed by atoms with Gasteiger partial charge in [-0.3, -0.25) is 13.9 Å². The summed E-state index contributed by atoms with van der Waals surface area (Å²) in [5, 5.41) is 0. The first kappa shape index (κ1) is 18.4. The third-order valence-corrected chi connectivity index (χ3v) is 5.10. The summed E-state index contributed by atoms with van der Waals surface area (Å²) in [6, 6.07) is 6.23. The lowest BCUT2D eigenvalue weighted by molar-refractivity contribution is -0.663. The van der Waals surface area contributed by atoms with Gasteiger partial charge in [-0.15, -0.1) is 0 Å². The molecule has 8 nitrogen and oxygen atoms in total. The van der Waals surface area contributed by atoms with Crippen molar-refractivity contribution in [3.05, 3.63) is 50.9 Å². The topological polar surface area (TPSA) is 76.1 Å². The van der Waals surface area contributed by atoms with E-state index < -0.39 is 0 Å². The highest BCUT2D eigenvalue weighted by Gasteiger charge is 2.33. The largest absolute Gasteiger partial charge is 0.380 e. The van der Waals surface area contributed by atoms with Crippen molar-refractivity contribution < 1.29 is 13.7 Å². The average Bonchev–Trinajstić information content (AvgIpc) is 3.09. The van der Waals surface area contributed by atoms with Crippen LogP contribution in [0, 0.1) is 5.82 Å². The smallest absolute Gasteiger partial charge is 0.364 e. The fourth-order valence-corrected chi connectivity index (χ4v) is 3.71. The highest BCUT2D eigenvalue weighted by molar-refractivity contribution is 5.70. The minimum Gasteiger partial charge on any atom is -0.380 e. The van der Waals surface area contributed by atoms with Crippen molar-refractivity contribution in [1.82, 2.24) is 14.1 Å². The number of halogens is 1. The molecule has 148 valence electrons. The Bertz CT molecular complexity index is 1130. The number of fused-ring (bicyclic) bond motifs is 3. The molecule has 0 saturated carbocycles. The Kier molecular flexibility index (Phi) is 4.76. The van der Waals surface area contributed by atoms with Crippen LogP contribution in [0.5, 0.6) is 0 Å². The molecule has 2 aromatic heterocycles. The van der Waals surface area contributed by atoms with Gasteiger partial charge in [0, 0.05) is 20.1 Å². The Labute approximate surface area is 160 Å². The Morgan fingerprint density at radius 2 is 2.00 bits per heavy atom. The maximum atomic E-state index is 13.3. The van der Waals surface area contributed by atoms with Crippen LogP contribution < -0.4 is 20.7 Å². The Balaban J connectivity index is 1.88. The highest BCUT2D eigenvalue weighted by Crippen LogP contribution is 2.26. The van der Waals surface area contributed by atoms with Crippen LogP contribution in [0.4, 0.5) is 16.0 Å². The van der Waals surface area contributed by atoms with Crippen LogP contribution in [0.25, 0.3) is 11.2 Å². The summed E-state index contributed by atoms with van der Waals surface area (Å²) in [7, 11) is 1.64. The van der Waals surface area contributed by atoms with Crippen molar-refractivity contribution in [2.75, 3.05) is 24.7 Å². The molecule has 0 atom stereocenters. The lowest BCUT2D eigenvalue weighted by atomic mass is 10.2. The number of anilines is 2. The Hall–Kier alpha value is -2.94. The van der Waals surface area contributed by atoms with E-state index >= 15 is 0 Å². The third kappa shape index (κ3) is 2.91. The zero-order valence-electron chi connectivity index (χ0n) is 15.9. The van der Waals surface area contributed by atoms with Gasteiger partial charge in [0.1, 0.15) is 11.5 Å². The van der Waals surface area contributed by atoms with Crippen molar-refractivity contribution >= 4 is 22.8 Å². The molecule has 1 N–H and O–H groups in total. The SMILES string of the molecule is CCOCCn1c(=O)c2c([nH]c3[n+]2CCCN3c2ccc(F)cc2)n(C)c1=O. The molecule has 3 heterocycles. The first-order valence-corrected chi connectivity index (χ1v) is 9.39. The van der Waals surface area contributed by atoms with Gasteiger partial charge in [0.2, 0.25) is 11.2 Å². The summed E-state index contributed by atoms with van der Waals surface area (Å²) in [6.07, 6.45) is 0.823. The number of nitrogens with one attached hydrogen (secondary N) is 1. The quantitative estimate of drug-likeness (QED) is 0.523. The average molecular weight is 388 g/mol. The van der Waals surface area contributed by atoms with Crippen molar-refractivity contribution in [1.29, 1.82) is 0 Å². The summed E-state index contributed by atoms with van der Waals surface area (Å²) < 4.78 is 23.2. The number of hydrogen-bond acceptors (Lipinski definition) is 4. The second-order valence-corrected chi connectivity index (χ2v) is 6.77. The lowest BCUT2D eigenvalue weighted by Gasteiger charge is -2.22. The molecule has 1 aliphatic rings. The molecule has 0 unspecified atom stereocenters. The zero-order chi connectivity index (χ0) is 19.8. The number of imidazole rings is 1. The van der Waals surface area contributed by atoms with Crippen LogP contribution in [-0.2, 0) is 24.9 Å². The maximum absolute atomic E-state index is 13.3. The molecule has 0 radical (unpaired) electrons. The first-order chi connectivity index (χ1) is 13.5. The van der Waals surface area contributed by atoms with Crippen LogP contribution in [0.15, 0.2) is 33.9 Å². The molecule has 0 fully saturated rings. The van der Waals surface area contributed by atoms with Crippen molar-refractivity contribution in [2.24, 2.45) is 7.05 Å². The summed E-state index contributed by atoms with van der Waals surface area (Å²) in [6.45, 7) is 4.29. The molecule has 0 spiro atoms. The van der Waals surface area contributed by atoms with E-state index in [0.717, 1.165) is 18.7 Å². The molecular weight excluding hydrogens is 365 g/mol. The minimum atomic E-state index is -0.385. The summed E-state index contributed by atoms with van der Waals surface area (Å²) in [4.78, 5) is 31.0. The summed E-state index contributed by atoms with van der Waals surface area (Å²) >= 11 is 0. The molecule has 3 aromatic rings. The van der Waals surface area contributed by atoms with Crippen molar-refractivity contribution in [3.8, 4) is 0 Å². The van der Waals surface area contributed by atoms with Crippen LogP contribution in [0.3, 0.4) is 0 Å². The highest BCUT2D eigenvalue weighted by atomic mass is 19.1. The number of H-pyrrole nitrogens is 1. The Morgan fingerprint density at radius 3 is 2.71 bits per heavy atom. The van der Waals surface area contributed by atoms with Crippen molar-refractivity contribution in [3.63, 3.8) is 0 Å². The summed E-state index contributed by atoms with van der Waals surface area (Å²) in [5.41, 5.74) is 1.04. The predicted octanol–water partition coefficient (Wildman–Crippen LogP) is 1.03. The standard InChI is InChI=1S/C19H22FN5O3/c1-3-28-12-11-25-17(26)15-16(22(2)19(25)27)21-18-23(9-4-10-24(15)18)14-7-5-13(20)6-8-14/h5-8H,3-4,9-12H2,1-2H3/p+1. The van der Waals surface area contributed by atoms with E-state index in [1.165, 1.54) is 21.3 Å². The number of aromatic nitrogens is 4. The van der Waals surface area contributed by atoms with Gasteiger partial charge in [-0.05, 0) is 31.2 Å². The minimum absolute atomic E-state index is 0.206. The van der Waals surface area contributed by atoms with Crippen LogP contribution in [0.1, 0.15) is 13.3 Å². The van der Waals surface area contributed by atoms with E-state index in [1.807, 2.05) is 16.4 Å². The fraction of sp³-hybridized carbons (Fsp3) is 0.421. The van der Waals surface area contributed by atoms with Gasteiger partial charge in [0.25, 0.3) is 5.56 Å². The summed E-state index contributed by atoms with van der Waals surface area (Å²) in [5.74, 6) is 0.410. The number of benzene rings is 1. The van der Waals surface area contributed by atoms with E-state index in [1.54, 1.807) is 19.2 Å². The van der Waals surface area contributed by atoms with Gasteiger partial charge in [-0.2, -0.15) is 0 Å². The molecule has 9 heteroatoms. The monoisotopic (exact) mass is 388 g/mol. The normalized spacial score (nSPS) is 13.9. The third-order valence-electron chi connectivity index (χ3n) is 5.10. The van der Waals surface area contributed by atoms with Gasteiger partial charge in [-0.1, -0.05) is 0 Å². The second-order valence-electron chi connectivity index (χ2n) is 6.77. The number of ether oxygens (including phenoxy) is 1. The van der Waals surface area contributed by atoms with Crippen LogP contribution in [0.2, 0.25) is 0 Å². The molecule has 1 aromatic carbocycles.